The van der Waals surface area contributed by atoms with Crippen molar-refractivity contribution in [2.75, 3.05) is 39.1 Å². The highest BCUT2D eigenvalue weighted by atomic mass is 32.2. The van der Waals surface area contributed by atoms with E-state index in [0.717, 1.165) is 32.4 Å². The van der Waals surface area contributed by atoms with Crippen molar-refractivity contribution in [2.24, 2.45) is 5.92 Å². The molecule has 7 nitrogen and oxygen atoms in total. The lowest BCUT2D eigenvalue weighted by atomic mass is 9.94. The van der Waals surface area contributed by atoms with E-state index < -0.39 is 10.0 Å². The number of carbonyl (C=O) groups excluding carboxylic acids is 1. The SMILES string of the molecule is COc1ccc(S(=O)(=O)NCCC2CCN(C)CC2)cc1NC(C)=O. The number of rotatable bonds is 7. The van der Waals surface area contributed by atoms with Gasteiger partial charge in [-0.25, -0.2) is 13.1 Å². The Balaban J connectivity index is 1.99. The largest absolute Gasteiger partial charge is 0.495 e. The summed E-state index contributed by atoms with van der Waals surface area (Å²) in [5, 5.41) is 2.59. The van der Waals surface area contributed by atoms with E-state index >= 15 is 0 Å². The zero-order chi connectivity index (χ0) is 18.4. The molecule has 1 aliphatic rings. The van der Waals surface area contributed by atoms with E-state index in [4.69, 9.17) is 4.74 Å². The van der Waals surface area contributed by atoms with Crippen LogP contribution in [0, 0.1) is 5.92 Å². The Morgan fingerprint density at radius 1 is 1.32 bits per heavy atom. The molecule has 0 spiro atoms. The third-order valence-electron chi connectivity index (χ3n) is 4.47. The molecule has 0 aromatic heterocycles. The van der Waals surface area contributed by atoms with Gasteiger partial charge < -0.3 is 15.0 Å². The van der Waals surface area contributed by atoms with E-state index in [1.54, 1.807) is 0 Å². The van der Waals surface area contributed by atoms with Gasteiger partial charge in [0.2, 0.25) is 15.9 Å². The van der Waals surface area contributed by atoms with Crippen molar-refractivity contribution in [3.05, 3.63) is 18.2 Å². The van der Waals surface area contributed by atoms with Crippen molar-refractivity contribution in [3.63, 3.8) is 0 Å². The van der Waals surface area contributed by atoms with E-state index in [9.17, 15) is 13.2 Å². The number of anilines is 1. The molecule has 0 atom stereocenters. The van der Waals surface area contributed by atoms with Gasteiger partial charge in [0.25, 0.3) is 0 Å². The fraction of sp³-hybridized carbons (Fsp3) is 0.588. The molecule has 0 saturated carbocycles. The molecule has 1 aromatic rings. The number of hydrogen-bond acceptors (Lipinski definition) is 5. The second-order valence-corrected chi connectivity index (χ2v) is 8.24. The monoisotopic (exact) mass is 369 g/mol. The summed E-state index contributed by atoms with van der Waals surface area (Å²) >= 11 is 0. The number of methoxy groups -OCH3 is 1. The van der Waals surface area contributed by atoms with Crippen LogP contribution in [-0.2, 0) is 14.8 Å². The molecule has 1 saturated heterocycles. The van der Waals surface area contributed by atoms with Crippen LogP contribution in [0.1, 0.15) is 26.2 Å². The van der Waals surface area contributed by atoms with Crippen molar-refractivity contribution >= 4 is 21.6 Å². The van der Waals surface area contributed by atoms with Gasteiger partial charge in [-0.1, -0.05) is 0 Å². The number of benzene rings is 1. The average Bonchev–Trinajstić information content (AvgIpc) is 2.56. The van der Waals surface area contributed by atoms with Crippen LogP contribution in [0.2, 0.25) is 0 Å². The molecule has 0 aliphatic carbocycles. The minimum Gasteiger partial charge on any atom is -0.495 e. The van der Waals surface area contributed by atoms with Crippen LogP contribution in [0.25, 0.3) is 0 Å². The second kappa shape index (κ2) is 8.64. The van der Waals surface area contributed by atoms with E-state index in [1.165, 1.54) is 32.2 Å². The minimum atomic E-state index is -3.62. The lowest BCUT2D eigenvalue weighted by Crippen LogP contribution is -2.32. The van der Waals surface area contributed by atoms with Crippen molar-refractivity contribution < 1.29 is 17.9 Å². The van der Waals surface area contributed by atoms with Gasteiger partial charge >= 0.3 is 0 Å². The summed E-state index contributed by atoms with van der Waals surface area (Å²) in [7, 11) is -0.0491. The Morgan fingerprint density at radius 2 is 2.00 bits per heavy atom. The number of nitrogens with zero attached hydrogens (tertiary/aromatic N) is 1. The molecule has 1 amide bonds. The first kappa shape index (κ1) is 19.7. The molecule has 1 heterocycles. The van der Waals surface area contributed by atoms with Crippen molar-refractivity contribution in [1.82, 2.24) is 9.62 Å². The highest BCUT2D eigenvalue weighted by Gasteiger charge is 2.20. The molecule has 8 heteroatoms. The van der Waals surface area contributed by atoms with E-state index in [2.05, 4.69) is 22.0 Å². The highest BCUT2D eigenvalue weighted by Crippen LogP contribution is 2.27. The predicted molar refractivity (Wildman–Crippen MR) is 97.3 cm³/mol. The number of piperidine rings is 1. The summed E-state index contributed by atoms with van der Waals surface area (Å²) in [5.41, 5.74) is 0.341. The van der Waals surface area contributed by atoms with E-state index in [1.807, 2.05) is 0 Å². The zero-order valence-electron chi connectivity index (χ0n) is 15.0. The Morgan fingerprint density at radius 3 is 2.60 bits per heavy atom. The lowest BCUT2D eigenvalue weighted by Gasteiger charge is -2.28. The maximum atomic E-state index is 12.5. The maximum absolute atomic E-state index is 12.5. The topological polar surface area (TPSA) is 87.7 Å². The molecule has 2 N–H and O–H groups in total. The summed E-state index contributed by atoms with van der Waals surface area (Å²) < 4.78 is 32.8. The standard InChI is InChI=1S/C17H27N3O4S/c1-13(21)19-16-12-15(4-5-17(16)24-3)25(22,23)18-9-6-14-7-10-20(2)11-8-14/h4-5,12,14,18H,6-11H2,1-3H3,(H,19,21). The number of ether oxygens (including phenoxy) is 1. The van der Waals surface area contributed by atoms with Crippen LogP contribution in [0.3, 0.4) is 0 Å². The Hall–Kier alpha value is -1.64. The quantitative estimate of drug-likeness (QED) is 0.763. The summed E-state index contributed by atoms with van der Waals surface area (Å²) in [6, 6.07) is 4.43. The zero-order valence-corrected chi connectivity index (χ0v) is 15.9. The Labute approximate surface area is 149 Å². The highest BCUT2D eigenvalue weighted by molar-refractivity contribution is 7.89. The van der Waals surface area contributed by atoms with Crippen LogP contribution in [-0.4, -0.2) is 53.0 Å². The molecule has 2 rings (SSSR count). The first-order valence-electron chi connectivity index (χ1n) is 8.45. The van der Waals surface area contributed by atoms with Gasteiger partial charge in [0.1, 0.15) is 5.75 Å². The molecule has 1 aromatic carbocycles. The number of sulfonamides is 1. The molecule has 1 aliphatic heterocycles. The second-order valence-electron chi connectivity index (χ2n) is 6.48. The van der Waals surface area contributed by atoms with Gasteiger partial charge in [-0.2, -0.15) is 0 Å². The molecule has 0 unspecified atom stereocenters. The van der Waals surface area contributed by atoms with Crippen molar-refractivity contribution in [1.29, 1.82) is 0 Å². The number of carbonyl (C=O) groups is 1. The third-order valence-corrected chi connectivity index (χ3v) is 5.93. The molecule has 1 fully saturated rings. The maximum Gasteiger partial charge on any atom is 0.240 e. The molecular formula is C17H27N3O4S. The first-order chi connectivity index (χ1) is 11.8. The Kier molecular flexibility index (Phi) is 6.80. The molecule has 25 heavy (non-hydrogen) atoms. The third kappa shape index (κ3) is 5.69. The van der Waals surface area contributed by atoms with Crippen molar-refractivity contribution in [2.45, 2.75) is 31.1 Å². The number of hydrogen-bond donors (Lipinski definition) is 2. The average molecular weight is 369 g/mol. The van der Waals surface area contributed by atoms with Crippen LogP contribution < -0.4 is 14.8 Å². The van der Waals surface area contributed by atoms with Gasteiger partial charge in [-0.3, -0.25) is 4.79 Å². The molecule has 140 valence electrons. The van der Waals surface area contributed by atoms with Gasteiger partial charge in [-0.15, -0.1) is 0 Å². The molecule has 0 radical (unpaired) electrons. The normalized spacial score (nSPS) is 16.6. The molecule has 0 bridgehead atoms. The van der Waals surface area contributed by atoms with Gasteiger partial charge in [0, 0.05) is 13.5 Å². The summed E-state index contributed by atoms with van der Waals surface area (Å²) in [4.78, 5) is 13.7. The first-order valence-corrected chi connectivity index (χ1v) is 9.94. The number of amides is 1. The molecular weight excluding hydrogens is 342 g/mol. The number of nitrogens with one attached hydrogen (secondary N) is 2. The Bertz CT molecular complexity index is 698. The van der Waals surface area contributed by atoms with Gasteiger partial charge in [0.15, 0.2) is 0 Å². The van der Waals surface area contributed by atoms with E-state index in [0.29, 0.717) is 23.9 Å². The van der Waals surface area contributed by atoms with E-state index in [-0.39, 0.29) is 10.8 Å². The summed E-state index contributed by atoms with van der Waals surface area (Å²) in [6.07, 6.45) is 3.04. The number of likely N-dealkylation sites (tertiary alicyclic amines) is 1. The predicted octanol–water partition coefficient (Wildman–Crippen LogP) is 1.66. The van der Waals surface area contributed by atoms with Crippen LogP contribution in [0.15, 0.2) is 23.1 Å². The van der Waals surface area contributed by atoms with Gasteiger partial charge in [0.05, 0.1) is 17.7 Å². The smallest absolute Gasteiger partial charge is 0.240 e. The van der Waals surface area contributed by atoms with Crippen molar-refractivity contribution in [3.8, 4) is 5.75 Å². The van der Waals surface area contributed by atoms with Crippen LogP contribution >= 0.6 is 0 Å². The summed E-state index contributed by atoms with van der Waals surface area (Å²) in [6.45, 7) is 3.91. The fourth-order valence-electron chi connectivity index (χ4n) is 2.97. The van der Waals surface area contributed by atoms with Crippen LogP contribution in [0.4, 0.5) is 5.69 Å². The minimum absolute atomic E-state index is 0.112. The fourth-order valence-corrected chi connectivity index (χ4v) is 4.05. The van der Waals surface area contributed by atoms with Gasteiger partial charge in [-0.05, 0) is 63.5 Å². The lowest BCUT2D eigenvalue weighted by molar-refractivity contribution is -0.114. The summed E-state index contributed by atoms with van der Waals surface area (Å²) in [5.74, 6) is 0.688. The van der Waals surface area contributed by atoms with Crippen LogP contribution in [0.5, 0.6) is 5.75 Å².